The molecule has 220 valence electrons. The van der Waals surface area contributed by atoms with Crippen molar-refractivity contribution >= 4 is 46.2 Å². The zero-order chi connectivity index (χ0) is 29.8. The highest BCUT2D eigenvalue weighted by molar-refractivity contribution is 6.11. The number of fused-ring (bicyclic) bond motifs is 1. The molecule has 2 aromatic carbocycles. The van der Waals surface area contributed by atoms with Crippen molar-refractivity contribution in [3.63, 3.8) is 0 Å². The Morgan fingerprint density at radius 1 is 1.02 bits per heavy atom. The first-order valence-electron chi connectivity index (χ1n) is 14.0. The number of carbonyl (C=O) groups is 4. The van der Waals surface area contributed by atoms with Crippen molar-refractivity contribution in [2.24, 2.45) is 10.7 Å². The molecule has 3 aromatic rings. The lowest BCUT2D eigenvalue weighted by molar-refractivity contribution is -0.140. The van der Waals surface area contributed by atoms with Crippen molar-refractivity contribution in [2.75, 3.05) is 31.5 Å². The molecule has 5 rings (SSSR count). The number of halogens is 1. The van der Waals surface area contributed by atoms with Gasteiger partial charge < -0.3 is 25.3 Å². The van der Waals surface area contributed by atoms with Gasteiger partial charge in [-0.05, 0) is 75.4 Å². The van der Waals surface area contributed by atoms with E-state index in [4.69, 9.17) is 10.2 Å². The van der Waals surface area contributed by atoms with E-state index < -0.39 is 23.7 Å². The molecule has 2 aliphatic heterocycles. The number of nitrogens with two attached hydrogens (primary N) is 1. The Balaban J connectivity index is 1.42. The standard InChI is InChI=1S/C30H33FN6O5/c1-18-14-21-15-22(16-23(31)26(21)42-18)33-30(35-28(40)20-9-7-19(8-10-20)27(32)39)34-24-6-2-3-13-37(29(24)41)17-25(38)36-11-4-5-12-36/h7-10,14-16,24H,2-6,11-13,17H2,1H3,(H2,32,39)(H2,33,34,35,40)/t24-/m0/s1. The van der Waals surface area contributed by atoms with Crippen LogP contribution in [0.3, 0.4) is 0 Å². The SMILES string of the molecule is Cc1cc2cc(NC(=N[C@H]3CCCCN(CC(=O)N4CCCC4)C3=O)NC(=O)c3ccc(C(N)=O)cc3)cc(F)c2o1. The maximum absolute atomic E-state index is 14.8. The topological polar surface area (TPSA) is 150 Å². The van der Waals surface area contributed by atoms with Gasteiger partial charge in [0.2, 0.25) is 23.7 Å². The number of guanidine groups is 1. The predicted molar refractivity (Wildman–Crippen MR) is 154 cm³/mol. The maximum Gasteiger partial charge on any atom is 0.257 e. The Morgan fingerprint density at radius 3 is 2.43 bits per heavy atom. The molecular weight excluding hydrogens is 543 g/mol. The van der Waals surface area contributed by atoms with Crippen molar-refractivity contribution in [1.29, 1.82) is 0 Å². The number of amides is 4. The lowest BCUT2D eigenvalue weighted by Gasteiger charge is -2.25. The fourth-order valence-electron chi connectivity index (χ4n) is 5.26. The third kappa shape index (κ3) is 6.59. The molecule has 3 heterocycles. The second kappa shape index (κ2) is 12.4. The van der Waals surface area contributed by atoms with Crippen molar-refractivity contribution in [1.82, 2.24) is 15.1 Å². The van der Waals surface area contributed by atoms with Gasteiger partial charge in [-0.2, -0.15) is 0 Å². The minimum Gasteiger partial charge on any atom is -0.458 e. The lowest BCUT2D eigenvalue weighted by atomic mass is 10.1. The number of aryl methyl sites for hydroxylation is 1. The Kier molecular flexibility index (Phi) is 8.51. The molecule has 0 unspecified atom stereocenters. The number of nitrogens with one attached hydrogen (secondary N) is 2. The Morgan fingerprint density at radius 2 is 1.71 bits per heavy atom. The molecule has 0 saturated carbocycles. The summed E-state index contributed by atoms with van der Waals surface area (Å²) in [6, 6.07) is 9.41. The molecule has 2 fully saturated rings. The Bertz CT molecular complexity index is 1540. The monoisotopic (exact) mass is 576 g/mol. The fraction of sp³-hybridized carbons (Fsp3) is 0.367. The average molecular weight is 577 g/mol. The van der Waals surface area contributed by atoms with E-state index in [1.807, 2.05) is 0 Å². The van der Waals surface area contributed by atoms with Crippen molar-refractivity contribution in [3.8, 4) is 0 Å². The Hall–Kier alpha value is -4.74. The molecule has 0 spiro atoms. The molecule has 4 amide bonds. The van der Waals surface area contributed by atoms with Crippen LogP contribution >= 0.6 is 0 Å². The number of primary amides is 1. The number of likely N-dealkylation sites (tertiary alicyclic amines) is 2. The summed E-state index contributed by atoms with van der Waals surface area (Å²) in [4.78, 5) is 58.9. The van der Waals surface area contributed by atoms with Gasteiger partial charge in [0.1, 0.15) is 11.8 Å². The van der Waals surface area contributed by atoms with Crippen LogP contribution < -0.4 is 16.4 Å². The summed E-state index contributed by atoms with van der Waals surface area (Å²) in [5, 5.41) is 6.15. The number of anilines is 1. The lowest BCUT2D eigenvalue weighted by Crippen LogP contribution is -2.45. The van der Waals surface area contributed by atoms with Crippen LogP contribution in [0.5, 0.6) is 0 Å². The van der Waals surface area contributed by atoms with Gasteiger partial charge >= 0.3 is 0 Å². The first-order valence-corrected chi connectivity index (χ1v) is 14.0. The van der Waals surface area contributed by atoms with Crippen LogP contribution in [0.1, 0.15) is 58.6 Å². The van der Waals surface area contributed by atoms with Gasteiger partial charge in [-0.15, -0.1) is 0 Å². The molecule has 1 aromatic heterocycles. The van der Waals surface area contributed by atoms with Gasteiger partial charge in [0.25, 0.3) is 5.91 Å². The molecule has 1 atom stereocenters. The van der Waals surface area contributed by atoms with Gasteiger partial charge in [-0.3, -0.25) is 24.5 Å². The summed E-state index contributed by atoms with van der Waals surface area (Å²) >= 11 is 0. The maximum atomic E-state index is 14.8. The molecular formula is C30H33FN6O5. The summed E-state index contributed by atoms with van der Waals surface area (Å²) in [6.07, 6.45) is 3.73. The molecule has 42 heavy (non-hydrogen) atoms. The largest absolute Gasteiger partial charge is 0.458 e. The number of furan rings is 1. The quantitative estimate of drug-likeness (QED) is 0.303. The minimum absolute atomic E-state index is 0.0199. The van der Waals surface area contributed by atoms with Crippen LogP contribution in [0.4, 0.5) is 10.1 Å². The van der Waals surface area contributed by atoms with Crippen molar-refractivity contribution in [2.45, 2.75) is 45.1 Å². The molecule has 4 N–H and O–H groups in total. The number of aliphatic imine (C=N–C) groups is 1. The van der Waals surface area contributed by atoms with Crippen molar-refractivity contribution < 1.29 is 28.0 Å². The zero-order valence-electron chi connectivity index (χ0n) is 23.3. The highest BCUT2D eigenvalue weighted by Gasteiger charge is 2.30. The van der Waals surface area contributed by atoms with Crippen LogP contribution in [0.2, 0.25) is 0 Å². The zero-order valence-corrected chi connectivity index (χ0v) is 23.3. The van der Waals surface area contributed by atoms with Gasteiger partial charge in [0.05, 0.1) is 6.54 Å². The van der Waals surface area contributed by atoms with E-state index in [2.05, 4.69) is 15.6 Å². The Labute approximate surface area is 241 Å². The normalized spacial score (nSPS) is 17.8. The number of carbonyl (C=O) groups excluding carboxylic acids is 4. The summed E-state index contributed by atoms with van der Waals surface area (Å²) in [5.74, 6) is -1.73. The van der Waals surface area contributed by atoms with E-state index in [0.717, 1.165) is 12.8 Å². The second-order valence-corrected chi connectivity index (χ2v) is 10.6. The summed E-state index contributed by atoms with van der Waals surface area (Å²) in [6.45, 7) is 3.52. The third-order valence-corrected chi connectivity index (χ3v) is 7.44. The molecule has 0 bridgehead atoms. The highest BCUT2D eigenvalue weighted by Crippen LogP contribution is 2.26. The summed E-state index contributed by atoms with van der Waals surface area (Å²) in [5.41, 5.74) is 6.14. The van der Waals surface area contributed by atoms with E-state index in [9.17, 15) is 23.6 Å². The van der Waals surface area contributed by atoms with Crippen LogP contribution in [0.25, 0.3) is 11.0 Å². The third-order valence-electron chi connectivity index (χ3n) is 7.44. The molecule has 2 aliphatic rings. The second-order valence-electron chi connectivity index (χ2n) is 10.6. The van der Waals surface area contributed by atoms with Crippen molar-refractivity contribution in [3.05, 3.63) is 65.2 Å². The van der Waals surface area contributed by atoms with Crippen LogP contribution in [-0.4, -0.2) is 71.6 Å². The van der Waals surface area contributed by atoms with Gasteiger partial charge in [-0.1, -0.05) is 0 Å². The predicted octanol–water partition coefficient (Wildman–Crippen LogP) is 3.18. The molecule has 12 heteroatoms. The molecule has 0 radical (unpaired) electrons. The van der Waals surface area contributed by atoms with Gasteiger partial charge in [0.15, 0.2) is 11.4 Å². The van der Waals surface area contributed by atoms with E-state index >= 15 is 0 Å². The molecule has 11 nitrogen and oxygen atoms in total. The smallest absolute Gasteiger partial charge is 0.257 e. The number of hydrogen-bond donors (Lipinski definition) is 3. The van der Waals surface area contributed by atoms with Crippen LogP contribution in [0, 0.1) is 12.7 Å². The van der Waals surface area contributed by atoms with Crippen LogP contribution in [0.15, 0.2) is 51.9 Å². The molecule has 0 aliphatic carbocycles. The first kappa shape index (κ1) is 28.8. The number of benzene rings is 2. The first-order chi connectivity index (χ1) is 20.2. The highest BCUT2D eigenvalue weighted by atomic mass is 19.1. The van der Waals surface area contributed by atoms with E-state index in [0.29, 0.717) is 50.0 Å². The van der Waals surface area contributed by atoms with Gasteiger partial charge in [0, 0.05) is 47.9 Å². The average Bonchev–Trinajstić information content (AvgIpc) is 3.60. The van der Waals surface area contributed by atoms with E-state index in [1.54, 1.807) is 24.0 Å². The van der Waals surface area contributed by atoms with E-state index in [-0.39, 0.29) is 46.7 Å². The number of rotatable bonds is 6. The van der Waals surface area contributed by atoms with E-state index in [1.165, 1.54) is 35.2 Å². The minimum atomic E-state index is -0.872. The number of nitrogens with zero attached hydrogens (tertiary/aromatic N) is 3. The summed E-state index contributed by atoms with van der Waals surface area (Å²) in [7, 11) is 0. The summed E-state index contributed by atoms with van der Waals surface area (Å²) < 4.78 is 20.2. The van der Waals surface area contributed by atoms with Gasteiger partial charge in [-0.25, -0.2) is 9.38 Å². The fourth-order valence-corrected chi connectivity index (χ4v) is 5.26. The molecule has 2 saturated heterocycles. The number of hydrogen-bond acceptors (Lipinski definition) is 6. The van der Waals surface area contributed by atoms with Crippen LogP contribution in [-0.2, 0) is 9.59 Å².